The summed E-state index contributed by atoms with van der Waals surface area (Å²) in [6, 6.07) is 12.0. The standard InChI is InChI=1S/C15H16FNO/c1-10-5-3-6-12(9-10)18-15-13(11(2)17)7-4-8-14(15)16/h3-9,11H,17H2,1-2H3/t11-/m0/s1. The lowest BCUT2D eigenvalue weighted by Gasteiger charge is -2.14. The number of halogens is 1. The zero-order valence-corrected chi connectivity index (χ0v) is 10.5. The molecule has 0 heterocycles. The molecule has 0 amide bonds. The van der Waals surface area contributed by atoms with E-state index in [4.69, 9.17) is 10.5 Å². The molecule has 0 aliphatic rings. The van der Waals surface area contributed by atoms with Crippen LogP contribution in [0.2, 0.25) is 0 Å². The van der Waals surface area contributed by atoms with E-state index in [1.807, 2.05) is 25.1 Å². The summed E-state index contributed by atoms with van der Waals surface area (Å²) in [5.74, 6) is 0.423. The van der Waals surface area contributed by atoms with E-state index < -0.39 is 5.82 Å². The topological polar surface area (TPSA) is 35.2 Å². The van der Waals surface area contributed by atoms with E-state index >= 15 is 0 Å². The molecule has 0 aliphatic carbocycles. The van der Waals surface area contributed by atoms with E-state index in [0.717, 1.165) is 5.56 Å². The molecule has 0 aromatic heterocycles. The minimum Gasteiger partial charge on any atom is -0.454 e. The average molecular weight is 245 g/mol. The maximum Gasteiger partial charge on any atom is 0.167 e. The van der Waals surface area contributed by atoms with Crippen LogP contribution in [0.5, 0.6) is 11.5 Å². The number of para-hydroxylation sites is 1. The first-order chi connectivity index (χ1) is 8.58. The van der Waals surface area contributed by atoms with Crippen LogP contribution in [0.3, 0.4) is 0 Å². The van der Waals surface area contributed by atoms with Gasteiger partial charge in [0.15, 0.2) is 11.6 Å². The third kappa shape index (κ3) is 2.68. The van der Waals surface area contributed by atoms with E-state index in [-0.39, 0.29) is 11.8 Å². The summed E-state index contributed by atoms with van der Waals surface area (Å²) in [7, 11) is 0. The third-order valence-electron chi connectivity index (χ3n) is 2.70. The Morgan fingerprint density at radius 1 is 1.17 bits per heavy atom. The van der Waals surface area contributed by atoms with E-state index in [2.05, 4.69) is 0 Å². The molecule has 94 valence electrons. The lowest BCUT2D eigenvalue weighted by molar-refractivity contribution is 0.432. The van der Waals surface area contributed by atoms with Gasteiger partial charge >= 0.3 is 0 Å². The van der Waals surface area contributed by atoms with Crippen molar-refractivity contribution in [2.24, 2.45) is 5.73 Å². The van der Waals surface area contributed by atoms with Crippen LogP contribution < -0.4 is 10.5 Å². The molecule has 0 fully saturated rings. The van der Waals surface area contributed by atoms with Gasteiger partial charge in [-0.05, 0) is 37.6 Å². The normalized spacial score (nSPS) is 12.2. The van der Waals surface area contributed by atoms with Crippen LogP contribution in [0.4, 0.5) is 4.39 Å². The lowest BCUT2D eigenvalue weighted by atomic mass is 10.1. The van der Waals surface area contributed by atoms with Gasteiger partial charge in [0, 0.05) is 11.6 Å². The van der Waals surface area contributed by atoms with Gasteiger partial charge in [-0.15, -0.1) is 0 Å². The van der Waals surface area contributed by atoms with Crippen LogP contribution in [0.1, 0.15) is 24.1 Å². The molecular weight excluding hydrogens is 229 g/mol. The van der Waals surface area contributed by atoms with Gasteiger partial charge in [0.2, 0.25) is 0 Å². The summed E-state index contributed by atoms with van der Waals surface area (Å²) in [6.45, 7) is 3.76. The molecule has 0 saturated carbocycles. The SMILES string of the molecule is Cc1cccc(Oc2c(F)cccc2[C@H](C)N)c1. The fourth-order valence-corrected chi connectivity index (χ4v) is 1.79. The molecule has 0 saturated heterocycles. The lowest BCUT2D eigenvalue weighted by Crippen LogP contribution is -2.07. The molecule has 0 unspecified atom stereocenters. The first-order valence-electron chi connectivity index (χ1n) is 5.86. The van der Waals surface area contributed by atoms with Gasteiger partial charge in [0.25, 0.3) is 0 Å². The highest BCUT2D eigenvalue weighted by molar-refractivity contribution is 5.41. The first-order valence-corrected chi connectivity index (χ1v) is 5.86. The summed E-state index contributed by atoms with van der Waals surface area (Å²) in [6.07, 6.45) is 0. The molecule has 0 bridgehead atoms. The summed E-state index contributed by atoms with van der Waals surface area (Å²) in [4.78, 5) is 0. The van der Waals surface area contributed by atoms with Gasteiger partial charge in [0.1, 0.15) is 5.75 Å². The predicted octanol–water partition coefficient (Wildman–Crippen LogP) is 3.95. The van der Waals surface area contributed by atoms with Gasteiger partial charge in [-0.1, -0.05) is 24.3 Å². The zero-order valence-electron chi connectivity index (χ0n) is 10.5. The van der Waals surface area contributed by atoms with Crippen molar-refractivity contribution in [1.82, 2.24) is 0 Å². The van der Waals surface area contributed by atoms with Gasteiger partial charge < -0.3 is 10.5 Å². The van der Waals surface area contributed by atoms with Crippen molar-refractivity contribution in [1.29, 1.82) is 0 Å². The number of hydrogen-bond acceptors (Lipinski definition) is 2. The Balaban J connectivity index is 2.39. The van der Waals surface area contributed by atoms with Crippen molar-refractivity contribution < 1.29 is 9.13 Å². The van der Waals surface area contributed by atoms with Gasteiger partial charge in [-0.3, -0.25) is 0 Å². The van der Waals surface area contributed by atoms with Gasteiger partial charge in [0.05, 0.1) is 0 Å². The smallest absolute Gasteiger partial charge is 0.167 e. The molecule has 0 spiro atoms. The summed E-state index contributed by atoms with van der Waals surface area (Å²) >= 11 is 0. The second-order valence-corrected chi connectivity index (χ2v) is 4.37. The first kappa shape index (κ1) is 12.6. The Morgan fingerprint density at radius 3 is 2.56 bits per heavy atom. The van der Waals surface area contributed by atoms with Gasteiger partial charge in [-0.25, -0.2) is 4.39 Å². The molecule has 2 rings (SSSR count). The molecule has 18 heavy (non-hydrogen) atoms. The highest BCUT2D eigenvalue weighted by Crippen LogP contribution is 2.31. The number of rotatable bonds is 3. The van der Waals surface area contributed by atoms with Crippen LogP contribution in [0.15, 0.2) is 42.5 Å². The molecule has 3 heteroatoms. The van der Waals surface area contributed by atoms with Crippen molar-refractivity contribution in [3.8, 4) is 11.5 Å². The highest BCUT2D eigenvalue weighted by atomic mass is 19.1. The minimum absolute atomic E-state index is 0.207. The quantitative estimate of drug-likeness (QED) is 0.888. The minimum atomic E-state index is -0.397. The Kier molecular flexibility index (Phi) is 3.63. The van der Waals surface area contributed by atoms with Crippen LogP contribution in [-0.4, -0.2) is 0 Å². The Bertz CT molecular complexity index is 552. The van der Waals surface area contributed by atoms with Crippen LogP contribution >= 0.6 is 0 Å². The number of ether oxygens (including phenoxy) is 1. The molecule has 2 N–H and O–H groups in total. The summed E-state index contributed by atoms with van der Waals surface area (Å²) in [5.41, 5.74) is 7.55. The van der Waals surface area contributed by atoms with Crippen molar-refractivity contribution in [2.45, 2.75) is 19.9 Å². The van der Waals surface area contributed by atoms with E-state index in [1.165, 1.54) is 6.07 Å². The number of benzene rings is 2. The maximum absolute atomic E-state index is 13.8. The van der Waals surface area contributed by atoms with Crippen LogP contribution in [0, 0.1) is 12.7 Å². The fourth-order valence-electron chi connectivity index (χ4n) is 1.79. The predicted molar refractivity (Wildman–Crippen MR) is 70.3 cm³/mol. The molecule has 1 atom stereocenters. The monoisotopic (exact) mass is 245 g/mol. The van der Waals surface area contributed by atoms with Crippen LogP contribution in [-0.2, 0) is 0 Å². The van der Waals surface area contributed by atoms with Crippen molar-refractivity contribution in [3.63, 3.8) is 0 Å². The molecule has 2 nitrogen and oxygen atoms in total. The summed E-state index contributed by atoms with van der Waals surface area (Å²) < 4.78 is 19.4. The van der Waals surface area contributed by atoms with E-state index in [1.54, 1.807) is 25.1 Å². The number of hydrogen-bond donors (Lipinski definition) is 1. The van der Waals surface area contributed by atoms with Crippen LogP contribution in [0.25, 0.3) is 0 Å². The molecule has 0 radical (unpaired) electrons. The largest absolute Gasteiger partial charge is 0.454 e. The van der Waals surface area contributed by atoms with Gasteiger partial charge in [-0.2, -0.15) is 0 Å². The third-order valence-corrected chi connectivity index (χ3v) is 2.70. The van der Waals surface area contributed by atoms with E-state index in [9.17, 15) is 4.39 Å². The number of nitrogens with two attached hydrogens (primary N) is 1. The molecule has 2 aromatic carbocycles. The molecule has 0 aliphatic heterocycles. The average Bonchev–Trinajstić information content (AvgIpc) is 2.31. The van der Waals surface area contributed by atoms with Crippen molar-refractivity contribution in [2.75, 3.05) is 0 Å². The summed E-state index contributed by atoms with van der Waals surface area (Å²) in [5, 5.41) is 0. The molecular formula is C15H16FNO. The van der Waals surface area contributed by atoms with E-state index in [0.29, 0.717) is 11.3 Å². The van der Waals surface area contributed by atoms with Crippen molar-refractivity contribution in [3.05, 3.63) is 59.4 Å². The maximum atomic E-state index is 13.8. The Hall–Kier alpha value is -1.87. The zero-order chi connectivity index (χ0) is 13.1. The number of aryl methyl sites for hydroxylation is 1. The Morgan fingerprint density at radius 2 is 1.89 bits per heavy atom. The second kappa shape index (κ2) is 5.19. The fraction of sp³-hybridized carbons (Fsp3) is 0.200. The Labute approximate surface area is 106 Å². The highest BCUT2D eigenvalue weighted by Gasteiger charge is 2.13. The van der Waals surface area contributed by atoms with Crippen molar-refractivity contribution >= 4 is 0 Å². The second-order valence-electron chi connectivity index (χ2n) is 4.37. The molecule has 2 aromatic rings.